The molecule has 0 heterocycles. The van der Waals surface area contributed by atoms with Gasteiger partial charge in [-0.2, -0.15) is 0 Å². The Bertz CT molecular complexity index is 340. The maximum Gasteiger partial charge on any atom is 0.123 e. The quantitative estimate of drug-likeness (QED) is 0.712. The number of ether oxygens (including phenoxy) is 2. The smallest absolute Gasteiger partial charge is 0.123 e. The third-order valence-corrected chi connectivity index (χ3v) is 3.42. The molecule has 16 heavy (non-hydrogen) atoms. The van der Waals surface area contributed by atoms with Crippen LogP contribution in [0.3, 0.4) is 0 Å². The first kappa shape index (κ1) is 13.8. The summed E-state index contributed by atoms with van der Waals surface area (Å²) in [7, 11) is 1.69. The van der Waals surface area contributed by atoms with Gasteiger partial charge in [0, 0.05) is 21.8 Å². The lowest BCUT2D eigenvalue weighted by Crippen LogP contribution is -2.00. The van der Waals surface area contributed by atoms with Gasteiger partial charge in [0.05, 0.1) is 13.7 Å². The topological polar surface area (TPSA) is 18.5 Å². The summed E-state index contributed by atoms with van der Waals surface area (Å²) in [6.45, 7) is 2.84. The van der Waals surface area contributed by atoms with Gasteiger partial charge in [0.2, 0.25) is 0 Å². The number of hydrogen-bond acceptors (Lipinski definition) is 2. The molecule has 0 amide bonds. The summed E-state index contributed by atoms with van der Waals surface area (Å²) >= 11 is 6.91. The Morgan fingerprint density at radius 2 is 1.62 bits per heavy atom. The molecule has 1 rings (SSSR count). The van der Waals surface area contributed by atoms with Crippen molar-refractivity contribution in [1.82, 2.24) is 0 Å². The van der Waals surface area contributed by atoms with Gasteiger partial charge < -0.3 is 9.47 Å². The minimum absolute atomic E-state index is 0.744. The van der Waals surface area contributed by atoms with Crippen molar-refractivity contribution in [2.24, 2.45) is 0 Å². The van der Waals surface area contributed by atoms with Crippen LogP contribution in [0.25, 0.3) is 0 Å². The predicted octanol–water partition coefficient (Wildman–Crippen LogP) is 4.27. The third kappa shape index (κ3) is 3.39. The van der Waals surface area contributed by atoms with E-state index in [1.54, 1.807) is 7.11 Å². The maximum atomic E-state index is 5.71. The standard InChI is InChI=1S/C12H16Br2O2/c1-3-4-16-12-6-9(7-13)11(15-2)5-10(12)8-14/h5-6H,3-4,7-8H2,1-2H3. The lowest BCUT2D eigenvalue weighted by molar-refractivity contribution is 0.314. The van der Waals surface area contributed by atoms with Crippen LogP contribution in [0.4, 0.5) is 0 Å². The van der Waals surface area contributed by atoms with Gasteiger partial charge in [-0.25, -0.2) is 0 Å². The third-order valence-electron chi connectivity index (χ3n) is 2.21. The predicted molar refractivity (Wildman–Crippen MR) is 74.0 cm³/mol. The summed E-state index contributed by atoms with van der Waals surface area (Å²) < 4.78 is 11.0. The monoisotopic (exact) mass is 350 g/mol. The second-order valence-electron chi connectivity index (χ2n) is 3.39. The second-order valence-corrected chi connectivity index (χ2v) is 4.51. The van der Waals surface area contributed by atoms with Crippen molar-refractivity contribution in [3.63, 3.8) is 0 Å². The van der Waals surface area contributed by atoms with E-state index >= 15 is 0 Å². The molecule has 0 bridgehead atoms. The maximum absolute atomic E-state index is 5.71. The Morgan fingerprint density at radius 3 is 2.12 bits per heavy atom. The first-order chi connectivity index (χ1) is 7.76. The first-order valence-corrected chi connectivity index (χ1v) is 7.45. The van der Waals surface area contributed by atoms with Crippen LogP contribution in [-0.2, 0) is 10.7 Å². The summed E-state index contributed by atoms with van der Waals surface area (Å²) in [5.41, 5.74) is 2.23. The van der Waals surface area contributed by atoms with Crippen molar-refractivity contribution >= 4 is 31.9 Å². The SMILES string of the molecule is CCCOc1cc(CBr)c(OC)cc1CBr. The Kier molecular flexibility index (Phi) is 6.21. The number of hydrogen-bond donors (Lipinski definition) is 0. The Labute approximate surface area is 114 Å². The largest absolute Gasteiger partial charge is 0.496 e. The molecule has 1 aromatic carbocycles. The first-order valence-electron chi connectivity index (χ1n) is 5.21. The molecule has 0 saturated carbocycles. The molecule has 1 aromatic rings. The van der Waals surface area contributed by atoms with E-state index in [-0.39, 0.29) is 0 Å². The summed E-state index contributed by atoms with van der Waals surface area (Å²) in [6, 6.07) is 4.07. The highest BCUT2D eigenvalue weighted by Crippen LogP contribution is 2.31. The van der Waals surface area contributed by atoms with E-state index in [9.17, 15) is 0 Å². The fraction of sp³-hybridized carbons (Fsp3) is 0.500. The van der Waals surface area contributed by atoms with E-state index in [0.29, 0.717) is 0 Å². The molecule has 2 nitrogen and oxygen atoms in total. The molecule has 0 aliphatic carbocycles. The van der Waals surface area contributed by atoms with Gasteiger partial charge in [0.15, 0.2) is 0 Å². The Morgan fingerprint density at radius 1 is 1.06 bits per heavy atom. The van der Waals surface area contributed by atoms with E-state index in [1.165, 1.54) is 0 Å². The zero-order chi connectivity index (χ0) is 12.0. The number of alkyl halides is 2. The van der Waals surface area contributed by atoms with Gasteiger partial charge in [0.1, 0.15) is 11.5 Å². The summed E-state index contributed by atoms with van der Waals surface area (Å²) in [6.07, 6.45) is 1.01. The molecule has 0 aromatic heterocycles. The van der Waals surface area contributed by atoms with E-state index in [0.717, 1.165) is 46.3 Å². The van der Waals surface area contributed by atoms with Gasteiger partial charge in [0.25, 0.3) is 0 Å². The van der Waals surface area contributed by atoms with Gasteiger partial charge in [-0.3, -0.25) is 0 Å². The number of rotatable bonds is 6. The van der Waals surface area contributed by atoms with Crippen LogP contribution in [0.5, 0.6) is 11.5 Å². The molecular formula is C12H16Br2O2. The molecule has 0 spiro atoms. The van der Waals surface area contributed by atoms with Crippen LogP contribution >= 0.6 is 31.9 Å². The zero-order valence-corrected chi connectivity index (χ0v) is 12.7. The van der Waals surface area contributed by atoms with Crippen molar-refractivity contribution < 1.29 is 9.47 Å². The van der Waals surface area contributed by atoms with Crippen molar-refractivity contribution in [3.8, 4) is 11.5 Å². The molecule has 4 heteroatoms. The minimum Gasteiger partial charge on any atom is -0.496 e. The van der Waals surface area contributed by atoms with Crippen LogP contribution in [0.1, 0.15) is 24.5 Å². The van der Waals surface area contributed by atoms with Crippen LogP contribution in [-0.4, -0.2) is 13.7 Å². The molecule has 0 fully saturated rings. The fourth-order valence-corrected chi connectivity index (χ4v) is 2.27. The molecule has 0 unspecified atom stereocenters. The van der Waals surface area contributed by atoms with Crippen molar-refractivity contribution in [2.45, 2.75) is 24.0 Å². The number of benzene rings is 1. The van der Waals surface area contributed by atoms with Crippen LogP contribution in [0, 0.1) is 0 Å². The lowest BCUT2D eigenvalue weighted by Gasteiger charge is -2.14. The molecule has 0 aliphatic heterocycles. The average Bonchev–Trinajstić information content (AvgIpc) is 2.35. The van der Waals surface area contributed by atoms with E-state index in [4.69, 9.17) is 9.47 Å². The van der Waals surface area contributed by atoms with Crippen molar-refractivity contribution in [3.05, 3.63) is 23.3 Å². The minimum atomic E-state index is 0.744. The molecule has 0 aliphatic rings. The Hall–Kier alpha value is -0.220. The lowest BCUT2D eigenvalue weighted by atomic mass is 10.1. The molecule has 90 valence electrons. The van der Waals surface area contributed by atoms with E-state index in [2.05, 4.69) is 38.8 Å². The molecular weight excluding hydrogens is 336 g/mol. The fourth-order valence-electron chi connectivity index (χ4n) is 1.39. The van der Waals surface area contributed by atoms with Crippen LogP contribution in [0.15, 0.2) is 12.1 Å². The van der Waals surface area contributed by atoms with Gasteiger partial charge in [-0.05, 0) is 18.6 Å². The average molecular weight is 352 g/mol. The molecule has 0 radical (unpaired) electrons. The number of halogens is 2. The highest BCUT2D eigenvalue weighted by Gasteiger charge is 2.10. The zero-order valence-electron chi connectivity index (χ0n) is 9.56. The van der Waals surface area contributed by atoms with Crippen molar-refractivity contribution in [1.29, 1.82) is 0 Å². The normalized spacial score (nSPS) is 10.2. The van der Waals surface area contributed by atoms with E-state index in [1.807, 2.05) is 12.1 Å². The highest BCUT2D eigenvalue weighted by atomic mass is 79.9. The Balaban J connectivity index is 3.05. The molecule has 0 atom stereocenters. The second kappa shape index (κ2) is 7.17. The van der Waals surface area contributed by atoms with Crippen molar-refractivity contribution in [2.75, 3.05) is 13.7 Å². The summed E-state index contributed by atoms with van der Waals surface area (Å²) in [5, 5.41) is 1.53. The van der Waals surface area contributed by atoms with Crippen LogP contribution in [0.2, 0.25) is 0 Å². The highest BCUT2D eigenvalue weighted by molar-refractivity contribution is 9.08. The number of methoxy groups -OCH3 is 1. The van der Waals surface area contributed by atoms with Crippen LogP contribution < -0.4 is 9.47 Å². The molecule has 0 saturated heterocycles. The summed E-state index contributed by atoms with van der Waals surface area (Å²) in [5.74, 6) is 1.84. The van der Waals surface area contributed by atoms with Gasteiger partial charge in [-0.1, -0.05) is 38.8 Å². The summed E-state index contributed by atoms with van der Waals surface area (Å²) in [4.78, 5) is 0. The van der Waals surface area contributed by atoms with E-state index < -0.39 is 0 Å². The van der Waals surface area contributed by atoms with Gasteiger partial charge in [-0.15, -0.1) is 0 Å². The van der Waals surface area contributed by atoms with Gasteiger partial charge >= 0.3 is 0 Å². The molecule has 0 N–H and O–H groups in total.